The minimum atomic E-state index is -4.83. The van der Waals surface area contributed by atoms with E-state index in [1.54, 1.807) is 17.0 Å². The monoisotopic (exact) mass is 617 g/mol. The highest BCUT2D eigenvalue weighted by Gasteiger charge is 2.42. The predicted molar refractivity (Wildman–Crippen MR) is 163 cm³/mol. The zero-order valence-corrected chi connectivity index (χ0v) is 24.7. The Balaban J connectivity index is 1.06. The molecule has 0 N–H and O–H groups in total. The summed E-state index contributed by atoms with van der Waals surface area (Å²) in [6.45, 7) is 3.28. The Bertz CT molecular complexity index is 1590. The summed E-state index contributed by atoms with van der Waals surface area (Å²) in [4.78, 5) is 39.6. The van der Waals surface area contributed by atoms with Crippen LogP contribution >= 0.6 is 0 Å². The minimum Gasteiger partial charge on any atom is -0.420 e. The lowest BCUT2D eigenvalue weighted by Gasteiger charge is -2.35. The number of rotatable bonds is 8. The van der Waals surface area contributed by atoms with Gasteiger partial charge in [-0.1, -0.05) is 66.7 Å². The maximum Gasteiger partial charge on any atom is 0.437 e. The van der Waals surface area contributed by atoms with Crippen molar-refractivity contribution < 1.29 is 27.2 Å². The van der Waals surface area contributed by atoms with Crippen LogP contribution < -0.4 is 9.80 Å². The number of alkyl halides is 3. The van der Waals surface area contributed by atoms with E-state index >= 15 is 0 Å². The molecule has 2 fully saturated rings. The Kier molecular flexibility index (Phi) is 8.86. The van der Waals surface area contributed by atoms with Crippen LogP contribution in [0.2, 0.25) is 0 Å². The van der Waals surface area contributed by atoms with Crippen LogP contribution in [-0.2, 0) is 23.8 Å². The van der Waals surface area contributed by atoms with E-state index in [1.807, 2.05) is 58.3 Å². The Morgan fingerprint density at radius 2 is 1.44 bits per heavy atom. The van der Waals surface area contributed by atoms with E-state index in [2.05, 4.69) is 22.1 Å². The Hall–Kier alpha value is -4.67. The van der Waals surface area contributed by atoms with Gasteiger partial charge in [0, 0.05) is 51.9 Å². The smallest absolute Gasteiger partial charge is 0.420 e. The predicted octanol–water partition coefficient (Wildman–Crippen LogP) is 5.79. The number of carbonyl (C=O) groups excluding carboxylic acids is 2. The first-order chi connectivity index (χ1) is 21.7. The molecule has 4 heterocycles. The maximum absolute atomic E-state index is 13.9. The van der Waals surface area contributed by atoms with Crippen molar-refractivity contribution in [3.8, 4) is 0 Å². The van der Waals surface area contributed by atoms with Gasteiger partial charge in [0.15, 0.2) is 5.69 Å². The molecule has 0 aliphatic carbocycles. The Labute approximate surface area is 259 Å². The number of halogens is 3. The average Bonchev–Trinajstić information content (AvgIpc) is 3.53. The molecule has 2 saturated heterocycles. The van der Waals surface area contributed by atoms with E-state index in [-0.39, 0.29) is 18.3 Å². The lowest BCUT2D eigenvalue weighted by atomic mass is 9.90. The maximum atomic E-state index is 13.9. The fourth-order valence-corrected chi connectivity index (χ4v) is 6.00. The van der Waals surface area contributed by atoms with Crippen molar-refractivity contribution in [1.82, 2.24) is 14.9 Å². The van der Waals surface area contributed by atoms with Crippen molar-refractivity contribution in [3.63, 3.8) is 0 Å². The topological polar surface area (TPSA) is 82.8 Å². The number of piperazine rings is 1. The van der Waals surface area contributed by atoms with Crippen LogP contribution in [-0.4, -0.2) is 65.8 Å². The molecule has 0 unspecified atom stereocenters. The van der Waals surface area contributed by atoms with Crippen LogP contribution in [0, 0.1) is 0 Å². The van der Waals surface area contributed by atoms with E-state index in [4.69, 9.17) is 4.42 Å². The molecule has 2 aromatic carbocycles. The fourth-order valence-electron chi connectivity index (χ4n) is 6.00. The molecular weight excluding hydrogens is 583 g/mol. The first-order valence-corrected chi connectivity index (χ1v) is 15.2. The molecule has 1 amide bonds. The molecule has 2 aliphatic heterocycles. The SMILES string of the molecule is O=C(Cc1ccc(N2CCN(C(=O)Cc3ccccc3)CC2)nc1)c1oc(N2CCC(c3ccccc3)CC2)nc1C(F)(F)F. The van der Waals surface area contributed by atoms with E-state index in [9.17, 15) is 22.8 Å². The van der Waals surface area contributed by atoms with Crippen LogP contribution in [0.5, 0.6) is 0 Å². The van der Waals surface area contributed by atoms with Crippen LogP contribution in [0.3, 0.4) is 0 Å². The van der Waals surface area contributed by atoms with Gasteiger partial charge in [0.05, 0.1) is 6.42 Å². The largest absolute Gasteiger partial charge is 0.437 e. The normalized spacial score (nSPS) is 16.2. The molecule has 45 heavy (non-hydrogen) atoms. The number of anilines is 2. The van der Waals surface area contributed by atoms with Gasteiger partial charge in [0.25, 0.3) is 6.01 Å². The summed E-state index contributed by atoms with van der Waals surface area (Å²) in [7, 11) is 0. The number of piperidine rings is 1. The number of aromatic nitrogens is 2. The quantitative estimate of drug-likeness (QED) is 0.232. The van der Waals surface area contributed by atoms with Gasteiger partial charge < -0.3 is 19.1 Å². The highest BCUT2D eigenvalue weighted by Crippen LogP contribution is 2.36. The molecule has 4 aromatic rings. The van der Waals surface area contributed by atoms with Gasteiger partial charge >= 0.3 is 6.18 Å². The van der Waals surface area contributed by atoms with Gasteiger partial charge in [0.2, 0.25) is 17.5 Å². The summed E-state index contributed by atoms with van der Waals surface area (Å²) in [5, 5.41) is 0. The highest BCUT2D eigenvalue weighted by atomic mass is 19.4. The van der Waals surface area contributed by atoms with Crippen LogP contribution in [0.1, 0.15) is 51.7 Å². The summed E-state index contributed by atoms with van der Waals surface area (Å²) < 4.78 is 47.3. The van der Waals surface area contributed by atoms with Crippen molar-refractivity contribution in [1.29, 1.82) is 0 Å². The van der Waals surface area contributed by atoms with E-state index < -0.39 is 23.4 Å². The van der Waals surface area contributed by atoms with Gasteiger partial charge in [-0.25, -0.2) is 4.98 Å². The number of hydrogen-bond donors (Lipinski definition) is 0. The number of hydrogen-bond acceptors (Lipinski definition) is 7. The lowest BCUT2D eigenvalue weighted by Crippen LogP contribution is -2.49. The van der Waals surface area contributed by atoms with Crippen LogP contribution in [0.15, 0.2) is 83.4 Å². The van der Waals surface area contributed by atoms with Crippen LogP contribution in [0.4, 0.5) is 25.0 Å². The second kappa shape index (κ2) is 13.1. The standard InChI is InChI=1S/C34H34F3N5O3/c35-34(36,37)32-31(45-33(39-32)42-15-13-27(14-16-42)26-9-5-2-6-10-26)28(43)21-25-11-12-29(38-23-25)40-17-19-41(20-18-40)30(44)22-24-7-3-1-4-8-24/h1-12,23,27H,13-22H2. The number of nitrogens with zero attached hydrogens (tertiary/aromatic N) is 5. The number of amides is 1. The third kappa shape index (κ3) is 7.19. The molecule has 0 bridgehead atoms. The van der Waals surface area contributed by atoms with Gasteiger partial charge in [0.1, 0.15) is 5.82 Å². The van der Waals surface area contributed by atoms with E-state index in [0.29, 0.717) is 63.0 Å². The Morgan fingerprint density at radius 3 is 2.07 bits per heavy atom. The molecule has 0 radical (unpaired) electrons. The van der Waals surface area contributed by atoms with E-state index in [1.165, 1.54) is 11.8 Å². The molecule has 2 aromatic heterocycles. The second-order valence-corrected chi connectivity index (χ2v) is 11.5. The zero-order valence-electron chi connectivity index (χ0n) is 24.7. The van der Waals surface area contributed by atoms with E-state index in [0.717, 1.165) is 18.4 Å². The minimum absolute atomic E-state index is 0.0770. The van der Waals surface area contributed by atoms with Crippen molar-refractivity contribution in [2.24, 2.45) is 0 Å². The Morgan fingerprint density at radius 1 is 0.778 bits per heavy atom. The average molecular weight is 618 g/mol. The van der Waals surface area contributed by atoms with Crippen molar-refractivity contribution in [2.75, 3.05) is 49.1 Å². The summed E-state index contributed by atoms with van der Waals surface area (Å²) in [6, 6.07) is 22.9. The molecule has 2 aliphatic rings. The molecule has 0 spiro atoms. The number of carbonyl (C=O) groups is 2. The van der Waals surface area contributed by atoms with Gasteiger partial charge in [-0.05, 0) is 41.5 Å². The first kappa shape index (κ1) is 30.4. The second-order valence-electron chi connectivity index (χ2n) is 11.5. The summed E-state index contributed by atoms with van der Waals surface area (Å²) in [6.07, 6.45) is -1.79. The molecule has 0 saturated carbocycles. The van der Waals surface area contributed by atoms with Gasteiger partial charge in [-0.2, -0.15) is 18.2 Å². The number of benzene rings is 2. The molecule has 234 valence electrons. The molecular formula is C34H34F3N5O3. The number of ketones is 1. The molecule has 0 atom stereocenters. The molecule has 11 heteroatoms. The highest BCUT2D eigenvalue weighted by molar-refractivity contribution is 5.96. The lowest BCUT2D eigenvalue weighted by molar-refractivity contribution is -0.141. The fraction of sp³-hybridized carbons (Fsp3) is 0.353. The van der Waals surface area contributed by atoms with Crippen LogP contribution in [0.25, 0.3) is 0 Å². The number of oxazole rings is 1. The third-order valence-corrected chi connectivity index (χ3v) is 8.50. The third-order valence-electron chi connectivity index (χ3n) is 8.50. The number of pyridine rings is 1. The van der Waals surface area contributed by atoms with Gasteiger partial charge in [-0.15, -0.1) is 0 Å². The summed E-state index contributed by atoms with van der Waals surface area (Å²) in [5.74, 6) is -0.517. The zero-order chi connectivity index (χ0) is 31.4. The van der Waals surface area contributed by atoms with Crippen molar-refractivity contribution >= 4 is 23.5 Å². The van der Waals surface area contributed by atoms with Crippen molar-refractivity contribution in [3.05, 3.63) is 107 Å². The van der Waals surface area contributed by atoms with Crippen molar-refractivity contribution in [2.45, 2.75) is 37.8 Å². The number of Topliss-reactive ketones (excluding diaryl/α,β-unsaturated/α-hetero) is 1. The summed E-state index contributed by atoms with van der Waals surface area (Å²) in [5.41, 5.74) is 1.35. The first-order valence-electron chi connectivity index (χ1n) is 15.2. The molecule has 8 nitrogen and oxygen atoms in total. The van der Waals surface area contributed by atoms with Gasteiger partial charge in [-0.3, -0.25) is 9.59 Å². The molecule has 6 rings (SSSR count). The summed E-state index contributed by atoms with van der Waals surface area (Å²) >= 11 is 0.